The van der Waals surface area contributed by atoms with Gasteiger partial charge >= 0.3 is 0 Å². The molecule has 0 spiro atoms. The Bertz CT molecular complexity index is 433. The number of hydrogen-bond donors (Lipinski definition) is 0. The molecule has 2 atom stereocenters. The third kappa shape index (κ3) is 1.31. The summed E-state index contributed by atoms with van der Waals surface area (Å²) in [4.78, 5) is 14.3. The van der Waals surface area contributed by atoms with Crippen molar-refractivity contribution < 1.29 is 9.21 Å². The van der Waals surface area contributed by atoms with Crippen LogP contribution in [-0.4, -0.2) is 23.3 Å². The fourth-order valence-electron chi connectivity index (χ4n) is 2.81. The smallest absolute Gasteiger partial charge is 0.162 e. The maximum atomic E-state index is 11.9. The summed E-state index contributed by atoms with van der Waals surface area (Å²) in [6, 6.07) is 2.31. The predicted molar refractivity (Wildman–Crippen MR) is 60.6 cm³/mol. The molecule has 0 amide bonds. The van der Waals surface area contributed by atoms with Crippen LogP contribution in [0.15, 0.2) is 29.1 Å². The molecule has 3 heteroatoms. The number of ketones is 1. The molecule has 0 N–H and O–H groups in total. The van der Waals surface area contributed by atoms with Gasteiger partial charge in [0.1, 0.15) is 0 Å². The van der Waals surface area contributed by atoms with E-state index >= 15 is 0 Å². The minimum atomic E-state index is 0.137. The maximum Gasteiger partial charge on any atom is 0.162 e. The molecule has 2 aliphatic rings. The highest BCUT2D eigenvalue weighted by atomic mass is 16.3. The predicted octanol–water partition coefficient (Wildman–Crippen LogP) is 2.30. The van der Waals surface area contributed by atoms with E-state index in [4.69, 9.17) is 4.42 Å². The van der Waals surface area contributed by atoms with Gasteiger partial charge in [0.25, 0.3) is 0 Å². The third-order valence-corrected chi connectivity index (χ3v) is 3.73. The van der Waals surface area contributed by atoms with Crippen molar-refractivity contribution in [1.29, 1.82) is 0 Å². The van der Waals surface area contributed by atoms with Crippen molar-refractivity contribution >= 4 is 11.5 Å². The first-order chi connectivity index (χ1) is 7.77. The van der Waals surface area contributed by atoms with Gasteiger partial charge in [0.05, 0.1) is 18.2 Å². The summed E-state index contributed by atoms with van der Waals surface area (Å²) < 4.78 is 5.10. The Kier molecular flexibility index (Phi) is 2.13. The van der Waals surface area contributed by atoms with E-state index in [1.807, 2.05) is 13.0 Å². The second kappa shape index (κ2) is 3.51. The van der Waals surface area contributed by atoms with Crippen LogP contribution in [0.3, 0.4) is 0 Å². The van der Waals surface area contributed by atoms with Crippen molar-refractivity contribution in [3.63, 3.8) is 0 Å². The Labute approximate surface area is 94.7 Å². The number of allylic oxidation sites excluding steroid dienone is 1. The number of furan rings is 1. The van der Waals surface area contributed by atoms with Crippen LogP contribution in [0.2, 0.25) is 0 Å². The summed E-state index contributed by atoms with van der Waals surface area (Å²) in [6.07, 6.45) is 7.45. The Morgan fingerprint density at radius 3 is 3.12 bits per heavy atom. The van der Waals surface area contributed by atoms with Gasteiger partial charge in [-0.1, -0.05) is 6.92 Å². The monoisotopic (exact) mass is 217 g/mol. The van der Waals surface area contributed by atoms with Crippen molar-refractivity contribution in [2.75, 3.05) is 6.54 Å². The largest absolute Gasteiger partial charge is 0.472 e. The molecule has 3 heterocycles. The highest BCUT2D eigenvalue weighted by Crippen LogP contribution is 2.36. The maximum absolute atomic E-state index is 11.9. The molecule has 0 unspecified atom stereocenters. The molecule has 0 aromatic carbocycles. The van der Waals surface area contributed by atoms with Gasteiger partial charge in [-0.05, 0) is 18.9 Å². The van der Waals surface area contributed by atoms with E-state index in [0.29, 0.717) is 6.04 Å². The van der Waals surface area contributed by atoms with Gasteiger partial charge in [0, 0.05) is 30.1 Å². The van der Waals surface area contributed by atoms with Gasteiger partial charge in [-0.3, -0.25) is 4.79 Å². The standard InChI is InChI=1S/C13H15NO2/c1-9-11-3-2-5-14(11)12(7-13(9)15)10-4-6-16-8-10/h4,6-9,11H,2-3,5H2,1H3/t9-,11-/m0/s1. The quantitative estimate of drug-likeness (QED) is 0.723. The molecular weight excluding hydrogens is 202 g/mol. The zero-order valence-corrected chi connectivity index (χ0v) is 9.35. The topological polar surface area (TPSA) is 33.5 Å². The molecular formula is C13H15NO2. The Balaban J connectivity index is 2.04. The van der Waals surface area contributed by atoms with E-state index in [1.54, 1.807) is 18.6 Å². The zero-order valence-electron chi connectivity index (χ0n) is 9.35. The Morgan fingerprint density at radius 2 is 2.38 bits per heavy atom. The number of nitrogens with zero attached hydrogens (tertiary/aromatic N) is 1. The van der Waals surface area contributed by atoms with Gasteiger partial charge in [0.15, 0.2) is 5.78 Å². The Morgan fingerprint density at radius 1 is 1.50 bits per heavy atom. The van der Waals surface area contributed by atoms with Crippen molar-refractivity contribution in [2.24, 2.45) is 5.92 Å². The van der Waals surface area contributed by atoms with Crippen molar-refractivity contribution in [3.8, 4) is 0 Å². The number of hydrogen-bond acceptors (Lipinski definition) is 3. The lowest BCUT2D eigenvalue weighted by Gasteiger charge is -2.35. The van der Waals surface area contributed by atoms with E-state index in [0.717, 1.165) is 24.2 Å². The minimum absolute atomic E-state index is 0.137. The summed E-state index contributed by atoms with van der Waals surface area (Å²) in [5, 5.41) is 0. The molecule has 84 valence electrons. The summed E-state index contributed by atoms with van der Waals surface area (Å²) in [5.74, 6) is 0.387. The first-order valence-electron chi connectivity index (χ1n) is 5.82. The van der Waals surface area contributed by atoms with E-state index in [9.17, 15) is 4.79 Å². The second-order valence-corrected chi connectivity index (χ2v) is 4.64. The van der Waals surface area contributed by atoms with E-state index < -0.39 is 0 Å². The molecule has 3 nitrogen and oxygen atoms in total. The van der Waals surface area contributed by atoms with E-state index in [-0.39, 0.29) is 11.7 Å². The molecule has 1 fully saturated rings. The van der Waals surface area contributed by atoms with Gasteiger partial charge in [-0.25, -0.2) is 0 Å². The first-order valence-corrected chi connectivity index (χ1v) is 5.82. The average Bonchev–Trinajstić information content (AvgIpc) is 2.93. The number of carbonyl (C=O) groups excluding carboxylic acids is 1. The van der Waals surface area contributed by atoms with Crippen LogP contribution < -0.4 is 0 Å². The molecule has 0 bridgehead atoms. The highest BCUT2D eigenvalue weighted by molar-refractivity contribution is 6.00. The second-order valence-electron chi connectivity index (χ2n) is 4.64. The molecule has 16 heavy (non-hydrogen) atoms. The summed E-state index contributed by atoms with van der Waals surface area (Å²) in [6.45, 7) is 3.09. The van der Waals surface area contributed by atoms with Gasteiger partial charge in [-0.2, -0.15) is 0 Å². The molecule has 1 saturated heterocycles. The summed E-state index contributed by atoms with van der Waals surface area (Å²) in [5.41, 5.74) is 2.06. The zero-order chi connectivity index (χ0) is 11.1. The summed E-state index contributed by atoms with van der Waals surface area (Å²) in [7, 11) is 0. The molecule has 3 rings (SSSR count). The third-order valence-electron chi connectivity index (χ3n) is 3.73. The molecule has 1 aromatic rings. The highest BCUT2D eigenvalue weighted by Gasteiger charge is 2.37. The fraction of sp³-hybridized carbons (Fsp3) is 0.462. The van der Waals surface area contributed by atoms with Crippen molar-refractivity contribution in [1.82, 2.24) is 4.90 Å². The van der Waals surface area contributed by atoms with Crippen LogP contribution in [0.25, 0.3) is 5.70 Å². The van der Waals surface area contributed by atoms with Crippen molar-refractivity contribution in [3.05, 3.63) is 30.2 Å². The lowest BCUT2D eigenvalue weighted by Crippen LogP contribution is -2.40. The lowest BCUT2D eigenvalue weighted by molar-refractivity contribution is -0.119. The van der Waals surface area contributed by atoms with Crippen LogP contribution in [0.1, 0.15) is 25.3 Å². The van der Waals surface area contributed by atoms with Crippen LogP contribution in [0.4, 0.5) is 0 Å². The molecule has 2 aliphatic heterocycles. The van der Waals surface area contributed by atoms with Crippen LogP contribution in [0, 0.1) is 5.92 Å². The summed E-state index contributed by atoms with van der Waals surface area (Å²) >= 11 is 0. The fourth-order valence-corrected chi connectivity index (χ4v) is 2.81. The number of fused-ring (bicyclic) bond motifs is 1. The van der Waals surface area contributed by atoms with E-state index in [1.165, 1.54) is 6.42 Å². The first kappa shape index (κ1) is 9.70. The number of rotatable bonds is 1. The van der Waals surface area contributed by atoms with E-state index in [2.05, 4.69) is 4.90 Å². The van der Waals surface area contributed by atoms with Crippen LogP contribution in [-0.2, 0) is 4.79 Å². The SMILES string of the molecule is C[C@@H]1C(=O)C=C(c2ccoc2)N2CCC[C@@H]12. The van der Waals surface area contributed by atoms with Crippen molar-refractivity contribution in [2.45, 2.75) is 25.8 Å². The van der Waals surface area contributed by atoms with Crippen LogP contribution in [0.5, 0.6) is 0 Å². The van der Waals surface area contributed by atoms with Gasteiger partial charge in [0.2, 0.25) is 0 Å². The average molecular weight is 217 g/mol. The minimum Gasteiger partial charge on any atom is -0.472 e. The molecule has 1 aromatic heterocycles. The van der Waals surface area contributed by atoms with Gasteiger partial charge < -0.3 is 9.32 Å². The van der Waals surface area contributed by atoms with Crippen LogP contribution >= 0.6 is 0 Å². The lowest BCUT2D eigenvalue weighted by atomic mass is 9.90. The normalized spacial score (nSPS) is 29.2. The molecule has 0 radical (unpaired) electrons. The Hall–Kier alpha value is -1.51. The molecule has 0 saturated carbocycles. The number of carbonyl (C=O) groups is 1. The molecule has 0 aliphatic carbocycles. The van der Waals surface area contributed by atoms with Gasteiger partial charge in [-0.15, -0.1) is 0 Å².